The third-order valence-electron chi connectivity index (χ3n) is 2.82. The number of furan rings is 1. The normalized spacial score (nSPS) is 12.4. The Morgan fingerprint density at radius 1 is 1.42 bits per heavy atom. The first kappa shape index (κ1) is 13.4. The summed E-state index contributed by atoms with van der Waals surface area (Å²) in [5, 5.41) is 12.4. The number of benzene rings is 1. The van der Waals surface area contributed by atoms with Gasteiger partial charge in [-0.2, -0.15) is 0 Å². The van der Waals surface area contributed by atoms with E-state index in [0.29, 0.717) is 16.2 Å². The minimum atomic E-state index is -1.11. The van der Waals surface area contributed by atoms with Gasteiger partial charge in [0, 0.05) is 16.0 Å². The zero-order valence-corrected chi connectivity index (χ0v) is 11.1. The molecule has 2 aromatic rings. The molecule has 0 bridgehead atoms. The molecule has 0 fully saturated rings. The lowest BCUT2D eigenvalue weighted by molar-refractivity contribution is -0.138. The topological polar surface area (TPSA) is 79.5 Å². The van der Waals surface area contributed by atoms with Crippen molar-refractivity contribution in [1.82, 2.24) is 5.32 Å². The van der Waals surface area contributed by atoms with Gasteiger partial charge in [-0.15, -0.1) is 0 Å². The number of nitrogens with one attached hydrogen (secondary N) is 1. The van der Waals surface area contributed by atoms with Crippen LogP contribution in [-0.4, -0.2) is 23.0 Å². The molecule has 19 heavy (non-hydrogen) atoms. The van der Waals surface area contributed by atoms with E-state index >= 15 is 0 Å². The van der Waals surface area contributed by atoms with Crippen LogP contribution in [0.1, 0.15) is 23.0 Å². The molecule has 0 aliphatic carbocycles. The number of amides is 1. The maximum Gasteiger partial charge on any atom is 0.325 e. The van der Waals surface area contributed by atoms with Crippen LogP contribution in [0.4, 0.5) is 0 Å². The van der Waals surface area contributed by atoms with Crippen LogP contribution in [0.15, 0.2) is 22.6 Å². The number of fused-ring (bicyclic) bond motifs is 1. The van der Waals surface area contributed by atoms with Crippen molar-refractivity contribution in [3.63, 3.8) is 0 Å². The number of carbonyl (C=O) groups is 2. The highest BCUT2D eigenvalue weighted by molar-refractivity contribution is 6.31. The molecular weight excluding hydrogens is 270 g/mol. The monoisotopic (exact) mass is 281 g/mol. The third-order valence-corrected chi connectivity index (χ3v) is 3.06. The fraction of sp³-hybridized carbons (Fsp3) is 0.231. The number of aliphatic carboxylic acids is 1. The molecule has 100 valence electrons. The van der Waals surface area contributed by atoms with Crippen molar-refractivity contribution in [3.8, 4) is 0 Å². The molecule has 0 spiro atoms. The lowest BCUT2D eigenvalue weighted by Gasteiger charge is -2.07. The van der Waals surface area contributed by atoms with E-state index < -0.39 is 17.9 Å². The van der Waals surface area contributed by atoms with Crippen LogP contribution in [0, 0.1) is 6.92 Å². The average Bonchev–Trinajstić information content (AvgIpc) is 2.66. The van der Waals surface area contributed by atoms with Gasteiger partial charge in [0.25, 0.3) is 5.91 Å². The molecule has 0 saturated carbocycles. The Morgan fingerprint density at radius 2 is 2.11 bits per heavy atom. The fourth-order valence-electron chi connectivity index (χ4n) is 1.73. The van der Waals surface area contributed by atoms with E-state index in [9.17, 15) is 9.59 Å². The van der Waals surface area contributed by atoms with E-state index in [1.807, 2.05) is 0 Å². The molecule has 0 aliphatic rings. The summed E-state index contributed by atoms with van der Waals surface area (Å²) in [4.78, 5) is 22.6. The number of rotatable bonds is 3. The van der Waals surface area contributed by atoms with Crippen molar-refractivity contribution in [3.05, 3.63) is 34.5 Å². The van der Waals surface area contributed by atoms with E-state index in [0.717, 1.165) is 5.39 Å². The Kier molecular flexibility index (Phi) is 3.48. The molecule has 0 aliphatic heterocycles. The van der Waals surface area contributed by atoms with E-state index in [2.05, 4.69) is 5.32 Å². The second-order valence-electron chi connectivity index (χ2n) is 4.23. The summed E-state index contributed by atoms with van der Waals surface area (Å²) >= 11 is 5.89. The zero-order chi connectivity index (χ0) is 14.2. The lowest BCUT2D eigenvalue weighted by atomic mass is 10.1. The van der Waals surface area contributed by atoms with Crippen LogP contribution in [0.3, 0.4) is 0 Å². The largest absolute Gasteiger partial charge is 0.480 e. The molecular formula is C13H12ClNO4. The number of carboxylic acid groups (broad SMARTS) is 1. The standard InChI is InChI=1S/C13H12ClNO4/c1-6-9-5-8(14)3-4-10(9)19-11(6)12(16)15-7(2)13(17)18/h3-5,7H,1-2H3,(H,15,16)(H,17,18). The van der Waals surface area contributed by atoms with Crippen molar-refractivity contribution in [2.24, 2.45) is 0 Å². The predicted octanol–water partition coefficient (Wildman–Crippen LogP) is 2.60. The Hall–Kier alpha value is -2.01. The molecule has 0 radical (unpaired) electrons. The molecule has 6 heteroatoms. The van der Waals surface area contributed by atoms with Crippen molar-refractivity contribution in [2.75, 3.05) is 0 Å². The number of halogens is 1. The number of carboxylic acids is 1. The first-order valence-electron chi connectivity index (χ1n) is 5.62. The zero-order valence-electron chi connectivity index (χ0n) is 10.4. The summed E-state index contributed by atoms with van der Waals surface area (Å²) < 4.78 is 5.43. The van der Waals surface area contributed by atoms with Gasteiger partial charge < -0.3 is 14.8 Å². The molecule has 1 heterocycles. The lowest BCUT2D eigenvalue weighted by Crippen LogP contribution is -2.38. The quantitative estimate of drug-likeness (QED) is 0.906. The van der Waals surface area contributed by atoms with Crippen LogP contribution >= 0.6 is 11.6 Å². The predicted molar refractivity (Wildman–Crippen MR) is 70.5 cm³/mol. The van der Waals surface area contributed by atoms with Gasteiger partial charge in [0.15, 0.2) is 5.76 Å². The van der Waals surface area contributed by atoms with Crippen LogP contribution in [-0.2, 0) is 4.79 Å². The van der Waals surface area contributed by atoms with Gasteiger partial charge in [0.2, 0.25) is 0 Å². The molecule has 0 saturated heterocycles. The fourth-order valence-corrected chi connectivity index (χ4v) is 1.91. The highest BCUT2D eigenvalue weighted by Gasteiger charge is 2.21. The average molecular weight is 282 g/mol. The maximum atomic E-state index is 11.9. The minimum Gasteiger partial charge on any atom is -0.480 e. The second kappa shape index (κ2) is 4.93. The van der Waals surface area contributed by atoms with Gasteiger partial charge in [-0.05, 0) is 32.0 Å². The SMILES string of the molecule is Cc1c(C(=O)NC(C)C(=O)O)oc2ccc(Cl)cc12. The first-order chi connectivity index (χ1) is 8.90. The first-order valence-corrected chi connectivity index (χ1v) is 6.00. The van der Waals surface area contributed by atoms with Crippen LogP contribution in [0.2, 0.25) is 5.02 Å². The Labute approximate surface area is 114 Å². The van der Waals surface area contributed by atoms with E-state index in [4.69, 9.17) is 21.1 Å². The van der Waals surface area contributed by atoms with Crippen LogP contribution in [0.25, 0.3) is 11.0 Å². The molecule has 5 nitrogen and oxygen atoms in total. The van der Waals surface area contributed by atoms with E-state index in [1.54, 1.807) is 25.1 Å². The summed E-state index contributed by atoms with van der Waals surface area (Å²) in [7, 11) is 0. The summed E-state index contributed by atoms with van der Waals surface area (Å²) in [5.74, 6) is -1.56. The molecule has 1 aromatic heterocycles. The number of aryl methyl sites for hydroxylation is 1. The Balaban J connectivity index is 2.37. The molecule has 1 atom stereocenters. The van der Waals surface area contributed by atoms with Crippen LogP contribution < -0.4 is 5.32 Å². The highest BCUT2D eigenvalue weighted by Crippen LogP contribution is 2.27. The summed E-state index contributed by atoms with van der Waals surface area (Å²) in [6.45, 7) is 3.11. The minimum absolute atomic E-state index is 0.102. The van der Waals surface area contributed by atoms with Crippen molar-refractivity contribution in [2.45, 2.75) is 19.9 Å². The maximum absolute atomic E-state index is 11.9. The van der Waals surface area contributed by atoms with Gasteiger partial charge in [-0.3, -0.25) is 9.59 Å². The second-order valence-corrected chi connectivity index (χ2v) is 4.67. The summed E-state index contributed by atoms with van der Waals surface area (Å²) in [6.07, 6.45) is 0. The van der Waals surface area contributed by atoms with E-state index in [-0.39, 0.29) is 5.76 Å². The molecule has 1 unspecified atom stereocenters. The van der Waals surface area contributed by atoms with Crippen molar-refractivity contribution in [1.29, 1.82) is 0 Å². The van der Waals surface area contributed by atoms with Gasteiger partial charge in [-0.1, -0.05) is 11.6 Å². The third kappa shape index (κ3) is 2.56. The van der Waals surface area contributed by atoms with Gasteiger partial charge in [0.05, 0.1) is 0 Å². The van der Waals surface area contributed by atoms with Crippen molar-refractivity contribution < 1.29 is 19.1 Å². The van der Waals surface area contributed by atoms with Gasteiger partial charge in [0.1, 0.15) is 11.6 Å². The van der Waals surface area contributed by atoms with Crippen LogP contribution in [0.5, 0.6) is 0 Å². The van der Waals surface area contributed by atoms with Gasteiger partial charge >= 0.3 is 5.97 Å². The number of carbonyl (C=O) groups excluding carboxylic acids is 1. The van der Waals surface area contributed by atoms with Gasteiger partial charge in [-0.25, -0.2) is 0 Å². The number of hydrogen-bond donors (Lipinski definition) is 2. The smallest absolute Gasteiger partial charge is 0.325 e. The molecule has 2 N–H and O–H groups in total. The number of hydrogen-bond acceptors (Lipinski definition) is 3. The summed E-state index contributed by atoms with van der Waals surface area (Å²) in [5.41, 5.74) is 1.17. The Morgan fingerprint density at radius 3 is 2.74 bits per heavy atom. The molecule has 1 amide bonds. The molecule has 1 aromatic carbocycles. The summed E-state index contributed by atoms with van der Waals surface area (Å²) in [6, 6.07) is 4.05. The van der Waals surface area contributed by atoms with E-state index in [1.165, 1.54) is 6.92 Å². The molecule has 2 rings (SSSR count). The van der Waals surface area contributed by atoms with Crippen molar-refractivity contribution >= 4 is 34.4 Å². The Bertz CT molecular complexity index is 662. The highest BCUT2D eigenvalue weighted by atomic mass is 35.5.